The molecule has 3 aromatic heterocycles. The average molecular weight is 576 g/mol. The van der Waals surface area contributed by atoms with Crippen LogP contribution in [0, 0.1) is 6.92 Å². The number of alkyl carbamates (subject to hydrolysis) is 1. The van der Waals surface area contributed by atoms with Gasteiger partial charge in [0, 0.05) is 49.1 Å². The van der Waals surface area contributed by atoms with E-state index in [2.05, 4.69) is 30.6 Å². The van der Waals surface area contributed by atoms with Crippen LogP contribution in [0.25, 0.3) is 22.4 Å². The molecule has 0 saturated carbocycles. The molecule has 1 aliphatic heterocycles. The highest BCUT2D eigenvalue weighted by Crippen LogP contribution is 2.34. The summed E-state index contributed by atoms with van der Waals surface area (Å²) in [4.78, 5) is 36.5. The first-order valence-corrected chi connectivity index (χ1v) is 14.0. The second-order valence-electron chi connectivity index (χ2n) is 11.4. The van der Waals surface area contributed by atoms with Gasteiger partial charge in [0.1, 0.15) is 11.9 Å². The van der Waals surface area contributed by atoms with E-state index in [4.69, 9.17) is 13.9 Å². The van der Waals surface area contributed by atoms with Gasteiger partial charge < -0.3 is 29.4 Å². The van der Waals surface area contributed by atoms with Gasteiger partial charge in [-0.3, -0.25) is 14.5 Å². The SMILES string of the molecule is COCCn1ncc2cc(NC(=O)c3coc(-c4ccnc(C)c4)n3)c(N3CCC(NC(=O)OC(C)(C)C)CC3)cc21. The number of aryl methyl sites for hydroxylation is 1. The number of piperidine rings is 1. The normalized spacial score (nSPS) is 14.3. The number of rotatable bonds is 8. The summed E-state index contributed by atoms with van der Waals surface area (Å²) in [6.45, 7) is 9.90. The highest BCUT2D eigenvalue weighted by Gasteiger charge is 2.26. The van der Waals surface area contributed by atoms with Crippen LogP contribution in [0.5, 0.6) is 0 Å². The lowest BCUT2D eigenvalue weighted by Gasteiger charge is -2.35. The Morgan fingerprint density at radius 1 is 1.17 bits per heavy atom. The number of methoxy groups -OCH3 is 1. The topological polar surface area (TPSA) is 137 Å². The van der Waals surface area contributed by atoms with Crippen LogP contribution in [0.1, 0.15) is 49.8 Å². The number of hydrogen-bond donors (Lipinski definition) is 2. The van der Waals surface area contributed by atoms with Gasteiger partial charge in [-0.2, -0.15) is 5.10 Å². The Morgan fingerprint density at radius 3 is 2.67 bits per heavy atom. The molecule has 4 aromatic rings. The van der Waals surface area contributed by atoms with Crippen molar-refractivity contribution >= 4 is 34.3 Å². The number of aromatic nitrogens is 4. The maximum atomic E-state index is 13.4. The summed E-state index contributed by atoms with van der Waals surface area (Å²) in [7, 11) is 1.66. The van der Waals surface area contributed by atoms with Gasteiger partial charge in [0.15, 0.2) is 5.69 Å². The molecule has 0 unspecified atom stereocenters. The third kappa shape index (κ3) is 6.88. The van der Waals surface area contributed by atoms with Gasteiger partial charge in [-0.05, 0) is 64.8 Å². The number of pyridine rings is 1. The summed E-state index contributed by atoms with van der Waals surface area (Å²) in [5, 5.41) is 11.4. The average Bonchev–Trinajstić information content (AvgIpc) is 3.58. The van der Waals surface area contributed by atoms with Crippen molar-refractivity contribution in [2.24, 2.45) is 0 Å². The molecule has 2 N–H and O–H groups in total. The zero-order chi connectivity index (χ0) is 29.9. The van der Waals surface area contributed by atoms with E-state index in [9.17, 15) is 9.59 Å². The van der Waals surface area contributed by atoms with Gasteiger partial charge in [-0.25, -0.2) is 9.78 Å². The second-order valence-corrected chi connectivity index (χ2v) is 11.4. The molecule has 0 aliphatic carbocycles. The molecular formula is C30H37N7O5. The number of nitrogens with one attached hydrogen (secondary N) is 2. The number of hydrogen-bond acceptors (Lipinski definition) is 9. The Morgan fingerprint density at radius 2 is 1.95 bits per heavy atom. The van der Waals surface area contributed by atoms with Crippen LogP contribution in [-0.2, 0) is 16.0 Å². The van der Waals surface area contributed by atoms with Gasteiger partial charge in [0.25, 0.3) is 5.91 Å². The minimum absolute atomic E-state index is 0.00419. The van der Waals surface area contributed by atoms with Crippen molar-refractivity contribution in [3.63, 3.8) is 0 Å². The van der Waals surface area contributed by atoms with E-state index in [0.717, 1.165) is 40.7 Å². The molecule has 12 nitrogen and oxygen atoms in total. The second kappa shape index (κ2) is 12.2. The third-order valence-corrected chi connectivity index (χ3v) is 6.95. The van der Waals surface area contributed by atoms with E-state index in [1.807, 2.05) is 50.6 Å². The molecule has 12 heteroatoms. The van der Waals surface area contributed by atoms with Crippen LogP contribution >= 0.6 is 0 Å². The van der Waals surface area contributed by atoms with E-state index >= 15 is 0 Å². The summed E-state index contributed by atoms with van der Waals surface area (Å²) in [5.74, 6) is -0.0371. The van der Waals surface area contributed by atoms with Gasteiger partial charge in [-0.15, -0.1) is 0 Å². The summed E-state index contributed by atoms with van der Waals surface area (Å²) in [6.07, 6.45) is 5.86. The van der Waals surface area contributed by atoms with Crippen LogP contribution in [0.4, 0.5) is 16.2 Å². The molecule has 0 spiro atoms. The third-order valence-electron chi connectivity index (χ3n) is 6.95. The number of amides is 2. The first-order valence-electron chi connectivity index (χ1n) is 14.0. The van der Waals surface area contributed by atoms with E-state index < -0.39 is 11.7 Å². The number of benzene rings is 1. The van der Waals surface area contributed by atoms with Crippen molar-refractivity contribution in [1.29, 1.82) is 0 Å². The number of carbonyl (C=O) groups excluding carboxylic acids is 2. The lowest BCUT2D eigenvalue weighted by atomic mass is 10.0. The Labute approximate surface area is 244 Å². The number of ether oxygens (including phenoxy) is 2. The first kappa shape index (κ1) is 29.1. The van der Waals surface area contributed by atoms with Crippen LogP contribution < -0.4 is 15.5 Å². The van der Waals surface area contributed by atoms with Crippen molar-refractivity contribution in [2.45, 2.75) is 58.7 Å². The maximum absolute atomic E-state index is 13.4. The van der Waals surface area contributed by atoms with Gasteiger partial charge in [0.2, 0.25) is 5.89 Å². The van der Waals surface area contributed by atoms with Gasteiger partial charge >= 0.3 is 6.09 Å². The molecule has 4 heterocycles. The fraction of sp³-hybridized carbons (Fsp3) is 0.433. The number of oxazole rings is 1. The molecule has 1 saturated heterocycles. The van der Waals surface area contributed by atoms with Crippen LogP contribution in [0.2, 0.25) is 0 Å². The molecule has 1 aliphatic rings. The number of nitrogens with zero attached hydrogens (tertiary/aromatic N) is 5. The summed E-state index contributed by atoms with van der Waals surface area (Å²) in [5.41, 5.74) is 3.62. The quantitative estimate of drug-likeness (QED) is 0.304. The molecule has 0 atom stereocenters. The highest BCUT2D eigenvalue weighted by molar-refractivity contribution is 6.06. The molecule has 42 heavy (non-hydrogen) atoms. The largest absolute Gasteiger partial charge is 0.444 e. The summed E-state index contributed by atoms with van der Waals surface area (Å²) < 4.78 is 18.2. The molecule has 0 radical (unpaired) electrons. The molecule has 5 rings (SSSR count). The highest BCUT2D eigenvalue weighted by atomic mass is 16.6. The van der Waals surface area contributed by atoms with Crippen LogP contribution in [-0.4, -0.2) is 70.2 Å². The van der Waals surface area contributed by atoms with Crippen molar-refractivity contribution in [3.8, 4) is 11.5 Å². The molecule has 1 fully saturated rings. The molecule has 0 bridgehead atoms. The number of carbonyl (C=O) groups is 2. The smallest absolute Gasteiger partial charge is 0.407 e. The summed E-state index contributed by atoms with van der Waals surface area (Å²) in [6, 6.07) is 7.60. The predicted molar refractivity (Wildman–Crippen MR) is 159 cm³/mol. The molecule has 222 valence electrons. The molecule has 2 amide bonds. The fourth-order valence-electron chi connectivity index (χ4n) is 4.95. The zero-order valence-corrected chi connectivity index (χ0v) is 24.6. The Hall–Kier alpha value is -4.45. The summed E-state index contributed by atoms with van der Waals surface area (Å²) >= 11 is 0. The van der Waals surface area contributed by atoms with Crippen LogP contribution in [0.15, 0.2) is 47.3 Å². The zero-order valence-electron chi connectivity index (χ0n) is 24.6. The van der Waals surface area contributed by atoms with E-state index in [1.54, 1.807) is 25.6 Å². The minimum Gasteiger partial charge on any atom is -0.444 e. The maximum Gasteiger partial charge on any atom is 0.407 e. The van der Waals surface area contributed by atoms with E-state index in [0.29, 0.717) is 37.8 Å². The number of anilines is 2. The minimum atomic E-state index is -0.555. The predicted octanol–water partition coefficient (Wildman–Crippen LogP) is 4.79. The number of fused-ring (bicyclic) bond motifs is 1. The van der Waals surface area contributed by atoms with Crippen molar-refractivity contribution in [1.82, 2.24) is 25.1 Å². The van der Waals surface area contributed by atoms with Crippen molar-refractivity contribution in [3.05, 3.63) is 54.3 Å². The Balaban J connectivity index is 1.37. The van der Waals surface area contributed by atoms with Crippen LogP contribution in [0.3, 0.4) is 0 Å². The Kier molecular flexibility index (Phi) is 8.44. The first-order chi connectivity index (χ1) is 20.1. The fourth-order valence-corrected chi connectivity index (χ4v) is 4.95. The molecular weight excluding hydrogens is 538 g/mol. The molecule has 1 aromatic carbocycles. The Bertz CT molecular complexity index is 1560. The van der Waals surface area contributed by atoms with Gasteiger partial charge in [-0.1, -0.05) is 0 Å². The standard InChI is InChI=1S/C30H37N7O5/c1-19-14-20(6-9-31-19)28-35-24(18-41-28)27(38)34-23-15-21-17-32-37(12-13-40-5)25(21)16-26(23)36-10-7-22(8-11-36)33-29(39)42-30(2,3)4/h6,9,14-18,22H,7-8,10-13H2,1-5H3,(H,33,39)(H,34,38). The van der Waals surface area contributed by atoms with Crippen molar-refractivity contribution in [2.75, 3.05) is 37.0 Å². The van der Waals surface area contributed by atoms with E-state index in [-0.39, 0.29) is 17.6 Å². The monoisotopic (exact) mass is 575 g/mol. The lowest BCUT2D eigenvalue weighted by molar-refractivity contribution is 0.0497. The van der Waals surface area contributed by atoms with E-state index in [1.165, 1.54) is 6.26 Å². The van der Waals surface area contributed by atoms with Gasteiger partial charge in [0.05, 0.1) is 36.2 Å². The van der Waals surface area contributed by atoms with Crippen molar-refractivity contribution < 1.29 is 23.5 Å². The lowest BCUT2D eigenvalue weighted by Crippen LogP contribution is -2.46.